The first-order chi connectivity index (χ1) is 9.08. The number of halogens is 2. The zero-order chi connectivity index (χ0) is 13.6. The third-order valence-corrected chi connectivity index (χ3v) is 4.21. The molecule has 3 rings (SSSR count). The van der Waals surface area contributed by atoms with Crippen LogP contribution in [0.5, 0.6) is 0 Å². The average molecular weight is 297 g/mol. The molecule has 0 aliphatic carbocycles. The predicted octanol–water partition coefficient (Wildman–Crippen LogP) is 3.79. The van der Waals surface area contributed by atoms with Gasteiger partial charge in [0.1, 0.15) is 5.52 Å². The second-order valence-corrected chi connectivity index (χ2v) is 5.46. The minimum absolute atomic E-state index is 0.165. The predicted molar refractivity (Wildman–Crippen MR) is 73.0 cm³/mol. The molecule has 0 saturated heterocycles. The van der Waals surface area contributed by atoms with Gasteiger partial charge in [-0.3, -0.25) is 0 Å². The maximum Gasteiger partial charge on any atom is 0.184 e. The molecule has 2 aromatic heterocycles. The lowest BCUT2D eigenvalue weighted by Gasteiger charge is -2.04. The van der Waals surface area contributed by atoms with Gasteiger partial charge in [0.2, 0.25) is 0 Å². The van der Waals surface area contributed by atoms with Crippen molar-refractivity contribution in [3.05, 3.63) is 44.6 Å². The summed E-state index contributed by atoms with van der Waals surface area (Å²) >= 11 is 6.64. The zero-order valence-corrected chi connectivity index (χ0v) is 11.5. The number of hydrogen-bond acceptors (Lipinski definition) is 3. The Balaban J connectivity index is 2.23. The highest BCUT2D eigenvalue weighted by Crippen LogP contribution is 2.23. The molecule has 0 bridgehead atoms. The maximum absolute atomic E-state index is 13.9. The number of aromatic amines is 1. The first kappa shape index (κ1) is 12.4. The lowest BCUT2D eigenvalue weighted by atomic mass is 10.3. The highest BCUT2D eigenvalue weighted by molar-refractivity contribution is 7.71. The van der Waals surface area contributed by atoms with Crippen LogP contribution < -0.4 is 0 Å². The number of benzene rings is 1. The van der Waals surface area contributed by atoms with Crippen LogP contribution in [0, 0.1) is 23.3 Å². The van der Waals surface area contributed by atoms with Gasteiger partial charge in [0, 0.05) is 4.88 Å². The van der Waals surface area contributed by atoms with Crippen molar-refractivity contribution >= 4 is 34.6 Å². The van der Waals surface area contributed by atoms with Gasteiger partial charge in [-0.05, 0) is 31.3 Å². The number of nitrogens with one attached hydrogen (secondary N) is 1. The van der Waals surface area contributed by atoms with Gasteiger partial charge in [-0.15, -0.1) is 11.3 Å². The Kier molecular flexibility index (Phi) is 2.94. The number of rotatable bonds is 2. The van der Waals surface area contributed by atoms with E-state index >= 15 is 0 Å². The summed E-state index contributed by atoms with van der Waals surface area (Å²) in [6, 6.07) is 2.57. The fraction of sp³-hybridized carbons (Fsp3) is 0.167. The van der Waals surface area contributed by atoms with E-state index < -0.39 is 11.6 Å². The minimum Gasteiger partial charge on any atom is -0.330 e. The Bertz CT molecular complexity index is 816. The second kappa shape index (κ2) is 4.50. The quantitative estimate of drug-likeness (QED) is 0.730. The third-order valence-electron chi connectivity index (χ3n) is 2.97. The summed E-state index contributed by atoms with van der Waals surface area (Å²) in [6.45, 7) is 2.26. The van der Waals surface area contributed by atoms with Crippen molar-refractivity contribution in [1.29, 1.82) is 0 Å². The van der Waals surface area contributed by atoms with Gasteiger partial charge in [-0.1, -0.05) is 0 Å². The van der Waals surface area contributed by atoms with E-state index in [0.717, 1.165) is 16.6 Å². The molecule has 0 fully saturated rings. The molecule has 1 N–H and O–H groups in total. The highest BCUT2D eigenvalue weighted by Gasteiger charge is 2.15. The number of aryl methyl sites for hydroxylation is 1. The largest absolute Gasteiger partial charge is 0.330 e. The van der Waals surface area contributed by atoms with E-state index in [2.05, 4.69) is 9.97 Å². The fourth-order valence-corrected chi connectivity index (χ4v) is 2.99. The van der Waals surface area contributed by atoms with E-state index in [1.165, 1.54) is 17.4 Å². The number of H-pyrrole nitrogens is 1. The molecule has 19 heavy (non-hydrogen) atoms. The maximum atomic E-state index is 13.9. The van der Waals surface area contributed by atoms with Gasteiger partial charge < -0.3 is 9.55 Å². The smallest absolute Gasteiger partial charge is 0.184 e. The van der Waals surface area contributed by atoms with Crippen LogP contribution in [0.25, 0.3) is 11.0 Å². The van der Waals surface area contributed by atoms with Gasteiger partial charge in [-0.2, -0.15) is 0 Å². The first-order valence-electron chi connectivity index (χ1n) is 5.53. The molecule has 0 amide bonds. The Labute approximate surface area is 116 Å². The van der Waals surface area contributed by atoms with E-state index in [1.807, 2.05) is 6.92 Å². The van der Waals surface area contributed by atoms with Gasteiger partial charge in [0.25, 0.3) is 0 Å². The fourth-order valence-electron chi connectivity index (χ4n) is 1.96. The van der Waals surface area contributed by atoms with Crippen molar-refractivity contribution in [2.24, 2.45) is 0 Å². The summed E-state index contributed by atoms with van der Waals surface area (Å²) in [5, 5.41) is 0. The van der Waals surface area contributed by atoms with E-state index in [-0.39, 0.29) is 5.52 Å². The van der Waals surface area contributed by atoms with Crippen molar-refractivity contribution in [3.8, 4) is 0 Å². The summed E-state index contributed by atoms with van der Waals surface area (Å²) in [5.74, 6) is -1.76. The molecule has 3 nitrogen and oxygen atoms in total. The van der Waals surface area contributed by atoms with Crippen molar-refractivity contribution in [1.82, 2.24) is 14.5 Å². The molecule has 0 atom stereocenters. The van der Waals surface area contributed by atoms with Crippen LogP contribution in [0.1, 0.15) is 10.6 Å². The van der Waals surface area contributed by atoms with Crippen LogP contribution in [0.2, 0.25) is 0 Å². The van der Waals surface area contributed by atoms with Gasteiger partial charge >= 0.3 is 0 Å². The SMILES string of the molecule is Cc1ncsc1Cn1c(=S)[nH]c2ccc(F)c(F)c21. The van der Waals surface area contributed by atoms with Crippen molar-refractivity contribution in [2.75, 3.05) is 0 Å². The van der Waals surface area contributed by atoms with Crippen LogP contribution in [-0.4, -0.2) is 14.5 Å². The molecule has 3 aromatic rings. The van der Waals surface area contributed by atoms with Crippen LogP contribution >= 0.6 is 23.6 Å². The monoisotopic (exact) mass is 297 g/mol. The summed E-state index contributed by atoms with van der Waals surface area (Å²) in [6.07, 6.45) is 0. The molecule has 1 aromatic carbocycles. The summed E-state index contributed by atoms with van der Waals surface area (Å²) < 4.78 is 29.2. The number of imidazole rings is 1. The molecule has 0 saturated carbocycles. The van der Waals surface area contributed by atoms with Gasteiger partial charge in [0.05, 0.1) is 23.3 Å². The molecule has 0 aliphatic rings. The van der Waals surface area contributed by atoms with Crippen molar-refractivity contribution in [3.63, 3.8) is 0 Å². The highest BCUT2D eigenvalue weighted by atomic mass is 32.1. The Hall–Kier alpha value is -1.60. The summed E-state index contributed by atoms with van der Waals surface area (Å²) in [7, 11) is 0. The Morgan fingerprint density at radius 2 is 2.21 bits per heavy atom. The lowest BCUT2D eigenvalue weighted by molar-refractivity contribution is 0.512. The van der Waals surface area contributed by atoms with Crippen LogP contribution in [0.4, 0.5) is 8.78 Å². The molecule has 0 spiro atoms. The van der Waals surface area contributed by atoms with E-state index in [9.17, 15) is 8.78 Å². The Morgan fingerprint density at radius 1 is 1.42 bits per heavy atom. The van der Waals surface area contributed by atoms with Gasteiger partial charge in [0.15, 0.2) is 16.4 Å². The second-order valence-electron chi connectivity index (χ2n) is 4.13. The topological polar surface area (TPSA) is 33.6 Å². The van der Waals surface area contributed by atoms with Crippen molar-refractivity contribution in [2.45, 2.75) is 13.5 Å². The normalized spacial score (nSPS) is 11.3. The number of nitrogens with zero attached hydrogens (tertiary/aromatic N) is 2. The van der Waals surface area contributed by atoms with Crippen molar-refractivity contribution < 1.29 is 8.78 Å². The molecular formula is C12H9F2N3S2. The molecular weight excluding hydrogens is 288 g/mol. The lowest BCUT2D eigenvalue weighted by Crippen LogP contribution is -2.01. The zero-order valence-electron chi connectivity index (χ0n) is 9.91. The molecule has 0 radical (unpaired) electrons. The molecule has 7 heteroatoms. The summed E-state index contributed by atoms with van der Waals surface area (Å²) in [4.78, 5) is 8.00. The first-order valence-corrected chi connectivity index (χ1v) is 6.82. The average Bonchev–Trinajstić information content (AvgIpc) is 2.91. The molecule has 0 aliphatic heterocycles. The standard InChI is InChI=1S/C12H9F2N3S2/c1-6-9(19-5-15-6)4-17-11-8(16-12(17)18)3-2-7(13)10(11)14/h2-3,5H,4H2,1H3,(H,16,18). The molecule has 98 valence electrons. The van der Waals surface area contributed by atoms with Crippen LogP contribution in [0.15, 0.2) is 17.6 Å². The van der Waals surface area contributed by atoms with E-state index in [4.69, 9.17) is 12.2 Å². The number of hydrogen-bond donors (Lipinski definition) is 1. The van der Waals surface area contributed by atoms with Gasteiger partial charge in [-0.25, -0.2) is 13.8 Å². The van der Waals surface area contributed by atoms with E-state index in [1.54, 1.807) is 10.1 Å². The molecule has 2 heterocycles. The molecule has 0 unspecified atom stereocenters. The third kappa shape index (κ3) is 1.98. The number of aromatic nitrogens is 3. The summed E-state index contributed by atoms with van der Waals surface area (Å²) in [5.41, 5.74) is 3.25. The Morgan fingerprint density at radius 3 is 2.89 bits per heavy atom. The number of fused-ring (bicyclic) bond motifs is 1. The number of thiazole rings is 1. The van der Waals surface area contributed by atoms with Crippen LogP contribution in [-0.2, 0) is 6.54 Å². The van der Waals surface area contributed by atoms with E-state index in [0.29, 0.717) is 16.8 Å². The van der Waals surface area contributed by atoms with Crippen LogP contribution in [0.3, 0.4) is 0 Å². The minimum atomic E-state index is -0.882.